The van der Waals surface area contributed by atoms with Crippen molar-refractivity contribution in [2.75, 3.05) is 13.1 Å². The lowest BCUT2D eigenvalue weighted by atomic mass is 9.87. The highest BCUT2D eigenvalue weighted by atomic mass is 16.2. The van der Waals surface area contributed by atoms with Gasteiger partial charge in [0.2, 0.25) is 5.91 Å². The molecule has 0 aliphatic carbocycles. The quantitative estimate of drug-likeness (QED) is 0.649. The molecule has 6 nitrogen and oxygen atoms in total. The Balaban J connectivity index is 1.74. The predicted octanol–water partition coefficient (Wildman–Crippen LogP) is 4.11. The molecular weight excluding hydrogens is 426 g/mol. The molecule has 2 N–H and O–H groups in total. The van der Waals surface area contributed by atoms with Crippen molar-refractivity contribution >= 4 is 17.7 Å². The Morgan fingerprint density at radius 3 is 1.88 bits per heavy atom. The molecule has 1 saturated heterocycles. The summed E-state index contributed by atoms with van der Waals surface area (Å²) in [5.41, 5.74) is 3.12. The van der Waals surface area contributed by atoms with Crippen LogP contribution in [0.2, 0.25) is 0 Å². The number of amides is 3. The Kier molecular flexibility index (Phi) is 8.48. The molecule has 1 heterocycles. The van der Waals surface area contributed by atoms with E-state index in [-0.39, 0.29) is 35.6 Å². The van der Waals surface area contributed by atoms with Crippen LogP contribution in [0.15, 0.2) is 48.5 Å². The zero-order valence-electron chi connectivity index (χ0n) is 20.9. The molecule has 0 radical (unpaired) electrons. The average molecular weight is 464 g/mol. The van der Waals surface area contributed by atoms with Crippen molar-refractivity contribution in [2.45, 2.75) is 59.5 Å². The van der Waals surface area contributed by atoms with Crippen LogP contribution in [0.1, 0.15) is 65.5 Å². The molecule has 1 aliphatic rings. The minimum absolute atomic E-state index is 0.00640. The first-order chi connectivity index (χ1) is 16.2. The van der Waals surface area contributed by atoms with Crippen LogP contribution in [0, 0.1) is 25.7 Å². The van der Waals surface area contributed by atoms with Crippen molar-refractivity contribution in [3.8, 4) is 0 Å². The molecule has 0 aromatic heterocycles. The Morgan fingerprint density at radius 1 is 0.824 bits per heavy atom. The second kappa shape index (κ2) is 11.3. The van der Waals surface area contributed by atoms with Crippen molar-refractivity contribution in [2.24, 2.45) is 11.8 Å². The number of carbonyl (C=O) groups excluding carboxylic acids is 3. The fraction of sp³-hybridized carbons (Fsp3) is 0.464. The van der Waals surface area contributed by atoms with E-state index in [9.17, 15) is 14.4 Å². The summed E-state index contributed by atoms with van der Waals surface area (Å²) in [6.45, 7) is 11.0. The summed E-state index contributed by atoms with van der Waals surface area (Å²) in [4.78, 5) is 41.2. The number of rotatable bonds is 7. The van der Waals surface area contributed by atoms with Crippen molar-refractivity contribution < 1.29 is 14.4 Å². The SMILES string of the molecule is Cc1ccccc1C(=O)NC(C(=O)NC(C)C(C)C)C1CCN(C(=O)c2ccccc2C)CC1. The number of hydrogen-bond acceptors (Lipinski definition) is 3. The van der Waals surface area contributed by atoms with E-state index in [1.54, 1.807) is 6.07 Å². The summed E-state index contributed by atoms with van der Waals surface area (Å²) >= 11 is 0. The number of carbonyl (C=O) groups is 3. The molecule has 182 valence electrons. The fourth-order valence-electron chi connectivity index (χ4n) is 4.34. The van der Waals surface area contributed by atoms with Crippen LogP contribution in [0.5, 0.6) is 0 Å². The number of nitrogens with zero attached hydrogens (tertiary/aromatic N) is 1. The summed E-state index contributed by atoms with van der Waals surface area (Å²) in [6, 6.07) is 14.3. The molecule has 0 spiro atoms. The van der Waals surface area contributed by atoms with E-state index < -0.39 is 6.04 Å². The zero-order chi connectivity index (χ0) is 24.8. The molecule has 2 atom stereocenters. The third-order valence-corrected chi connectivity index (χ3v) is 7.00. The zero-order valence-corrected chi connectivity index (χ0v) is 20.9. The summed E-state index contributed by atoms with van der Waals surface area (Å²) < 4.78 is 0. The molecule has 0 saturated carbocycles. The monoisotopic (exact) mass is 463 g/mol. The van der Waals surface area contributed by atoms with Crippen LogP contribution < -0.4 is 10.6 Å². The number of piperidine rings is 1. The van der Waals surface area contributed by atoms with Gasteiger partial charge in [0.25, 0.3) is 11.8 Å². The van der Waals surface area contributed by atoms with Crippen molar-refractivity contribution in [1.82, 2.24) is 15.5 Å². The van der Waals surface area contributed by atoms with E-state index >= 15 is 0 Å². The van der Waals surface area contributed by atoms with Gasteiger partial charge in [-0.25, -0.2) is 0 Å². The van der Waals surface area contributed by atoms with Crippen LogP contribution in [-0.2, 0) is 4.79 Å². The number of benzene rings is 2. The molecule has 3 rings (SSSR count). The summed E-state index contributed by atoms with van der Waals surface area (Å²) in [5.74, 6) is -0.144. The van der Waals surface area contributed by atoms with Crippen LogP contribution in [0.25, 0.3) is 0 Å². The molecule has 2 aromatic carbocycles. The number of aryl methyl sites for hydroxylation is 2. The maximum absolute atomic E-state index is 13.3. The molecule has 6 heteroatoms. The van der Waals surface area contributed by atoms with Crippen molar-refractivity contribution in [3.05, 3.63) is 70.8 Å². The summed E-state index contributed by atoms with van der Waals surface area (Å²) in [5, 5.41) is 6.10. The van der Waals surface area contributed by atoms with Gasteiger partial charge in [0, 0.05) is 30.3 Å². The Hall–Kier alpha value is -3.15. The maximum Gasteiger partial charge on any atom is 0.254 e. The maximum atomic E-state index is 13.3. The first-order valence-electron chi connectivity index (χ1n) is 12.2. The predicted molar refractivity (Wildman–Crippen MR) is 135 cm³/mol. The van der Waals surface area contributed by atoms with Crippen molar-refractivity contribution in [3.63, 3.8) is 0 Å². The van der Waals surface area contributed by atoms with Gasteiger partial charge in [0.05, 0.1) is 0 Å². The van der Waals surface area contributed by atoms with Crippen LogP contribution in [0.3, 0.4) is 0 Å². The fourth-order valence-corrected chi connectivity index (χ4v) is 4.34. The van der Waals surface area contributed by atoms with Gasteiger partial charge in [-0.05, 0) is 68.7 Å². The molecule has 3 amide bonds. The molecule has 1 aliphatic heterocycles. The van der Waals surface area contributed by atoms with Gasteiger partial charge in [0.15, 0.2) is 0 Å². The number of likely N-dealkylation sites (tertiary alicyclic amines) is 1. The van der Waals surface area contributed by atoms with E-state index in [1.165, 1.54) is 0 Å². The first kappa shape index (κ1) is 25.5. The Labute approximate surface area is 203 Å². The lowest BCUT2D eigenvalue weighted by Gasteiger charge is -2.36. The third-order valence-electron chi connectivity index (χ3n) is 7.00. The Bertz CT molecular complexity index is 1030. The number of hydrogen-bond donors (Lipinski definition) is 2. The molecule has 1 fully saturated rings. The molecule has 2 aromatic rings. The highest BCUT2D eigenvalue weighted by molar-refractivity contribution is 5.99. The molecule has 34 heavy (non-hydrogen) atoms. The van der Waals surface area contributed by atoms with E-state index in [4.69, 9.17) is 0 Å². The second-order valence-electron chi connectivity index (χ2n) is 9.75. The topological polar surface area (TPSA) is 78.5 Å². The molecule has 0 bridgehead atoms. The van der Waals surface area contributed by atoms with E-state index in [2.05, 4.69) is 24.5 Å². The largest absolute Gasteiger partial charge is 0.352 e. The van der Waals surface area contributed by atoms with Crippen molar-refractivity contribution in [1.29, 1.82) is 0 Å². The first-order valence-corrected chi connectivity index (χ1v) is 12.2. The van der Waals surface area contributed by atoms with E-state index in [1.807, 2.05) is 68.1 Å². The minimum Gasteiger partial charge on any atom is -0.352 e. The van der Waals surface area contributed by atoms with E-state index in [0.29, 0.717) is 37.1 Å². The standard InChI is InChI=1S/C28H37N3O3/c1-18(2)21(5)29-27(33)25(30-26(32)23-12-8-6-10-19(23)3)22-14-16-31(17-15-22)28(34)24-13-9-7-11-20(24)4/h6-13,18,21-22,25H,14-17H2,1-5H3,(H,29,33)(H,30,32). The van der Waals surface area contributed by atoms with Gasteiger partial charge in [-0.3, -0.25) is 14.4 Å². The minimum atomic E-state index is -0.649. The van der Waals surface area contributed by atoms with Gasteiger partial charge < -0.3 is 15.5 Å². The van der Waals surface area contributed by atoms with Crippen LogP contribution in [0.4, 0.5) is 0 Å². The third kappa shape index (κ3) is 6.04. The summed E-state index contributed by atoms with van der Waals surface area (Å²) in [6.07, 6.45) is 1.31. The highest BCUT2D eigenvalue weighted by Gasteiger charge is 2.35. The highest BCUT2D eigenvalue weighted by Crippen LogP contribution is 2.24. The summed E-state index contributed by atoms with van der Waals surface area (Å²) in [7, 11) is 0. The van der Waals surface area contributed by atoms with Gasteiger partial charge in [-0.1, -0.05) is 50.2 Å². The Morgan fingerprint density at radius 2 is 1.35 bits per heavy atom. The normalized spacial score (nSPS) is 16.1. The lowest BCUT2D eigenvalue weighted by Crippen LogP contribution is -2.55. The van der Waals surface area contributed by atoms with Crippen LogP contribution in [-0.4, -0.2) is 47.8 Å². The van der Waals surface area contributed by atoms with Gasteiger partial charge >= 0.3 is 0 Å². The van der Waals surface area contributed by atoms with E-state index in [0.717, 1.165) is 11.1 Å². The van der Waals surface area contributed by atoms with Gasteiger partial charge in [-0.15, -0.1) is 0 Å². The van der Waals surface area contributed by atoms with Gasteiger partial charge in [-0.2, -0.15) is 0 Å². The number of nitrogens with one attached hydrogen (secondary N) is 2. The smallest absolute Gasteiger partial charge is 0.254 e. The van der Waals surface area contributed by atoms with Gasteiger partial charge in [0.1, 0.15) is 6.04 Å². The lowest BCUT2D eigenvalue weighted by molar-refractivity contribution is -0.125. The second-order valence-corrected chi connectivity index (χ2v) is 9.75. The molecular formula is C28H37N3O3. The molecule has 2 unspecified atom stereocenters. The van der Waals surface area contributed by atoms with Crippen LogP contribution >= 0.6 is 0 Å². The average Bonchev–Trinajstić information content (AvgIpc) is 2.82.